The quantitative estimate of drug-likeness (QED) is 0.612. The molecular weight excluding hydrogens is 304 g/mol. The standard InChI is InChI=1S/C20H38O4/c1-7-8-11-21-12-14(4)19-15(5)16(6)20-17(23-19)9-10-18(24-20)22-13(2)3/h13-20H,7-12H2,1-6H3/t14-,15-,16+,17-,18-,19-,20+/m0/s1. The molecule has 4 heteroatoms. The Morgan fingerprint density at radius 1 is 1.04 bits per heavy atom. The van der Waals surface area contributed by atoms with Gasteiger partial charge in [0, 0.05) is 18.9 Å². The summed E-state index contributed by atoms with van der Waals surface area (Å²) < 4.78 is 24.4. The van der Waals surface area contributed by atoms with E-state index in [-0.39, 0.29) is 30.7 Å². The van der Waals surface area contributed by atoms with Gasteiger partial charge in [0.15, 0.2) is 6.29 Å². The number of rotatable bonds is 8. The molecule has 7 atom stereocenters. The summed E-state index contributed by atoms with van der Waals surface area (Å²) in [4.78, 5) is 0. The fourth-order valence-electron chi connectivity index (χ4n) is 3.99. The first kappa shape index (κ1) is 20.2. The fourth-order valence-corrected chi connectivity index (χ4v) is 3.99. The van der Waals surface area contributed by atoms with Crippen LogP contribution in [0, 0.1) is 17.8 Å². The van der Waals surface area contributed by atoms with Crippen LogP contribution in [-0.4, -0.2) is 43.9 Å². The lowest BCUT2D eigenvalue weighted by Crippen LogP contribution is -2.56. The predicted molar refractivity (Wildman–Crippen MR) is 96.0 cm³/mol. The van der Waals surface area contributed by atoms with Gasteiger partial charge in [0.25, 0.3) is 0 Å². The first-order chi connectivity index (χ1) is 11.4. The maximum Gasteiger partial charge on any atom is 0.158 e. The summed E-state index contributed by atoms with van der Waals surface area (Å²) in [5.74, 6) is 1.36. The van der Waals surface area contributed by atoms with Gasteiger partial charge in [-0.05, 0) is 38.5 Å². The number of ether oxygens (including phenoxy) is 4. The van der Waals surface area contributed by atoms with Crippen LogP contribution >= 0.6 is 0 Å². The highest BCUT2D eigenvalue weighted by atomic mass is 16.7. The van der Waals surface area contributed by atoms with Crippen LogP contribution in [0.1, 0.15) is 67.2 Å². The van der Waals surface area contributed by atoms with Crippen LogP contribution in [0.2, 0.25) is 0 Å². The first-order valence-electron chi connectivity index (χ1n) is 9.98. The summed E-state index contributed by atoms with van der Waals surface area (Å²) in [7, 11) is 0. The molecule has 0 radical (unpaired) electrons. The van der Waals surface area contributed by atoms with Gasteiger partial charge in [-0.3, -0.25) is 0 Å². The zero-order valence-electron chi connectivity index (χ0n) is 16.5. The highest BCUT2D eigenvalue weighted by Crippen LogP contribution is 2.40. The van der Waals surface area contributed by atoms with Crippen molar-refractivity contribution < 1.29 is 18.9 Å². The van der Waals surface area contributed by atoms with Crippen LogP contribution in [-0.2, 0) is 18.9 Å². The van der Waals surface area contributed by atoms with Gasteiger partial charge in [-0.15, -0.1) is 0 Å². The van der Waals surface area contributed by atoms with E-state index in [4.69, 9.17) is 18.9 Å². The first-order valence-corrected chi connectivity index (χ1v) is 9.98. The molecule has 0 N–H and O–H groups in total. The third-order valence-electron chi connectivity index (χ3n) is 5.57. The van der Waals surface area contributed by atoms with Gasteiger partial charge in [0.1, 0.15) is 0 Å². The molecule has 0 spiro atoms. The molecule has 24 heavy (non-hydrogen) atoms. The Kier molecular flexibility index (Phi) is 7.99. The summed E-state index contributed by atoms with van der Waals surface area (Å²) in [5, 5.41) is 0. The van der Waals surface area contributed by atoms with Crippen molar-refractivity contribution in [2.45, 2.75) is 97.9 Å². The Morgan fingerprint density at radius 3 is 2.46 bits per heavy atom. The van der Waals surface area contributed by atoms with Crippen LogP contribution < -0.4 is 0 Å². The third-order valence-corrected chi connectivity index (χ3v) is 5.57. The lowest BCUT2D eigenvalue weighted by molar-refractivity contribution is -0.290. The SMILES string of the molecule is CCCCOC[C@H](C)[C@@H]1O[C@H]2CC[C@@H](OC(C)C)O[C@@H]2[C@H](C)[C@@H]1C. The van der Waals surface area contributed by atoms with Crippen LogP contribution in [0.3, 0.4) is 0 Å². The second-order valence-corrected chi connectivity index (χ2v) is 8.06. The fraction of sp³-hybridized carbons (Fsp3) is 1.00. The van der Waals surface area contributed by atoms with E-state index < -0.39 is 0 Å². The Hall–Kier alpha value is -0.160. The molecule has 2 saturated heterocycles. The van der Waals surface area contributed by atoms with Crippen LogP contribution in [0.25, 0.3) is 0 Å². The summed E-state index contributed by atoms with van der Waals surface area (Å²) in [5.41, 5.74) is 0. The van der Waals surface area contributed by atoms with E-state index in [0.29, 0.717) is 17.8 Å². The van der Waals surface area contributed by atoms with Crippen molar-refractivity contribution in [2.24, 2.45) is 17.8 Å². The molecule has 0 aromatic carbocycles. The maximum atomic E-state index is 6.48. The molecule has 0 amide bonds. The van der Waals surface area contributed by atoms with E-state index in [1.165, 1.54) is 6.42 Å². The molecule has 2 rings (SSSR count). The lowest BCUT2D eigenvalue weighted by atomic mass is 9.76. The highest BCUT2D eigenvalue weighted by molar-refractivity contribution is 4.93. The van der Waals surface area contributed by atoms with Gasteiger partial charge in [-0.25, -0.2) is 0 Å². The molecule has 0 saturated carbocycles. The number of unbranched alkanes of at least 4 members (excludes halogenated alkanes) is 1. The minimum Gasteiger partial charge on any atom is -0.381 e. The zero-order valence-corrected chi connectivity index (χ0v) is 16.5. The van der Waals surface area contributed by atoms with E-state index in [1.807, 2.05) is 0 Å². The van der Waals surface area contributed by atoms with E-state index in [0.717, 1.165) is 32.5 Å². The lowest BCUT2D eigenvalue weighted by Gasteiger charge is -2.50. The largest absolute Gasteiger partial charge is 0.381 e. The molecule has 2 aliphatic heterocycles. The van der Waals surface area contributed by atoms with Crippen molar-refractivity contribution in [1.82, 2.24) is 0 Å². The van der Waals surface area contributed by atoms with Crippen molar-refractivity contribution in [2.75, 3.05) is 13.2 Å². The van der Waals surface area contributed by atoms with Gasteiger partial charge in [0.05, 0.1) is 31.0 Å². The van der Waals surface area contributed by atoms with E-state index >= 15 is 0 Å². The monoisotopic (exact) mass is 342 g/mol. The normalized spacial score (nSPS) is 38.1. The molecule has 0 aliphatic carbocycles. The van der Waals surface area contributed by atoms with Gasteiger partial charge >= 0.3 is 0 Å². The molecule has 0 aromatic heterocycles. The van der Waals surface area contributed by atoms with E-state index in [1.54, 1.807) is 0 Å². The molecule has 0 bridgehead atoms. The Balaban J connectivity index is 1.89. The minimum absolute atomic E-state index is 0.0733. The van der Waals surface area contributed by atoms with Gasteiger partial charge in [-0.2, -0.15) is 0 Å². The molecular formula is C20H38O4. The third kappa shape index (κ3) is 5.17. The predicted octanol–water partition coefficient (Wildman–Crippen LogP) is 4.41. The van der Waals surface area contributed by atoms with E-state index in [9.17, 15) is 0 Å². The van der Waals surface area contributed by atoms with E-state index in [2.05, 4.69) is 41.5 Å². The highest BCUT2D eigenvalue weighted by Gasteiger charge is 2.46. The minimum atomic E-state index is -0.0733. The average Bonchev–Trinajstić information content (AvgIpc) is 2.54. The molecule has 0 unspecified atom stereocenters. The van der Waals surface area contributed by atoms with Crippen LogP contribution in [0.15, 0.2) is 0 Å². The van der Waals surface area contributed by atoms with Crippen molar-refractivity contribution in [3.63, 3.8) is 0 Å². The zero-order chi connectivity index (χ0) is 17.7. The number of fused-ring (bicyclic) bond motifs is 1. The second-order valence-electron chi connectivity index (χ2n) is 8.06. The van der Waals surface area contributed by atoms with Gasteiger partial charge in [-0.1, -0.05) is 34.1 Å². The Labute approximate surface area is 148 Å². The maximum absolute atomic E-state index is 6.48. The van der Waals surface area contributed by atoms with Crippen molar-refractivity contribution in [3.8, 4) is 0 Å². The summed E-state index contributed by atoms with van der Waals surface area (Å²) >= 11 is 0. The topological polar surface area (TPSA) is 36.9 Å². The Morgan fingerprint density at radius 2 is 1.79 bits per heavy atom. The Bertz CT molecular complexity index is 358. The van der Waals surface area contributed by atoms with Crippen LogP contribution in [0.4, 0.5) is 0 Å². The van der Waals surface area contributed by atoms with Gasteiger partial charge in [0.2, 0.25) is 0 Å². The van der Waals surface area contributed by atoms with Gasteiger partial charge < -0.3 is 18.9 Å². The molecule has 2 heterocycles. The molecule has 2 fully saturated rings. The second kappa shape index (κ2) is 9.51. The van der Waals surface area contributed by atoms with Crippen molar-refractivity contribution in [1.29, 1.82) is 0 Å². The molecule has 0 aromatic rings. The average molecular weight is 343 g/mol. The molecule has 142 valence electrons. The summed E-state index contributed by atoms with van der Waals surface area (Å²) in [6.45, 7) is 14.8. The number of hydrogen-bond acceptors (Lipinski definition) is 4. The molecule has 2 aliphatic rings. The summed E-state index contributed by atoms with van der Waals surface area (Å²) in [6.07, 6.45) is 5.02. The van der Waals surface area contributed by atoms with Crippen molar-refractivity contribution >= 4 is 0 Å². The smallest absolute Gasteiger partial charge is 0.158 e. The van der Waals surface area contributed by atoms with Crippen molar-refractivity contribution in [3.05, 3.63) is 0 Å². The van der Waals surface area contributed by atoms with Crippen LogP contribution in [0.5, 0.6) is 0 Å². The molecule has 4 nitrogen and oxygen atoms in total. The number of hydrogen-bond donors (Lipinski definition) is 0. The summed E-state index contributed by atoms with van der Waals surface area (Å²) in [6, 6.07) is 0.